The van der Waals surface area contributed by atoms with Crippen molar-refractivity contribution in [1.29, 1.82) is 0 Å². The fourth-order valence-electron chi connectivity index (χ4n) is 2.01. The van der Waals surface area contributed by atoms with Crippen LogP contribution in [0.15, 0.2) is 22.1 Å². The predicted octanol–water partition coefficient (Wildman–Crippen LogP) is 4.58. The second-order valence-corrected chi connectivity index (χ2v) is 6.19. The van der Waals surface area contributed by atoms with Gasteiger partial charge in [-0.25, -0.2) is 13.8 Å². The topological polar surface area (TPSA) is 24.9 Å². The van der Waals surface area contributed by atoms with E-state index in [-0.39, 0.29) is 10.0 Å². The molecule has 1 atom stereocenters. The minimum Gasteiger partial charge on any atom is -0.305 e. The Labute approximate surface area is 129 Å². The summed E-state index contributed by atoms with van der Waals surface area (Å²) in [6, 6.07) is 2.14. The van der Waals surface area contributed by atoms with Gasteiger partial charge in [-0.15, -0.1) is 11.3 Å². The molecule has 0 bridgehead atoms. The molecule has 0 aliphatic rings. The lowest BCUT2D eigenvalue weighted by molar-refractivity contribution is 0.502. The molecule has 0 fully saturated rings. The van der Waals surface area contributed by atoms with Crippen LogP contribution < -0.4 is 5.32 Å². The standard InChI is InChI=1S/C14H15BrF2N2S/c1-3-6-18-13(14-8(2)19-7-20-14)11-10(16)5-4-9(15)12(11)17/h4-5,7,13,18H,3,6H2,1-2H3. The van der Waals surface area contributed by atoms with E-state index >= 15 is 0 Å². The van der Waals surface area contributed by atoms with Crippen molar-refractivity contribution in [2.45, 2.75) is 26.3 Å². The van der Waals surface area contributed by atoms with Crippen molar-refractivity contribution in [1.82, 2.24) is 10.3 Å². The van der Waals surface area contributed by atoms with Gasteiger partial charge in [-0.05, 0) is 48.0 Å². The first kappa shape index (κ1) is 15.5. The zero-order valence-corrected chi connectivity index (χ0v) is 13.6. The molecule has 2 nitrogen and oxygen atoms in total. The second-order valence-electron chi connectivity index (χ2n) is 4.45. The van der Waals surface area contributed by atoms with E-state index in [1.807, 2.05) is 13.8 Å². The molecule has 0 radical (unpaired) electrons. The van der Waals surface area contributed by atoms with Gasteiger partial charge in [-0.2, -0.15) is 0 Å². The lowest BCUT2D eigenvalue weighted by Gasteiger charge is -2.20. The van der Waals surface area contributed by atoms with Crippen molar-refractivity contribution in [3.8, 4) is 0 Å². The molecule has 2 aromatic rings. The zero-order chi connectivity index (χ0) is 14.7. The Balaban J connectivity index is 2.52. The number of aromatic nitrogens is 1. The molecule has 1 N–H and O–H groups in total. The van der Waals surface area contributed by atoms with Crippen molar-refractivity contribution < 1.29 is 8.78 Å². The van der Waals surface area contributed by atoms with E-state index < -0.39 is 17.7 Å². The number of aryl methyl sites for hydroxylation is 1. The molecule has 2 rings (SSSR count). The van der Waals surface area contributed by atoms with Crippen LogP contribution >= 0.6 is 27.3 Å². The molecule has 0 saturated heterocycles. The van der Waals surface area contributed by atoms with E-state index in [4.69, 9.17) is 0 Å². The largest absolute Gasteiger partial charge is 0.305 e. The number of rotatable bonds is 5. The van der Waals surface area contributed by atoms with Crippen molar-refractivity contribution >= 4 is 27.3 Å². The van der Waals surface area contributed by atoms with Crippen molar-refractivity contribution in [3.05, 3.63) is 49.9 Å². The second kappa shape index (κ2) is 6.74. The Morgan fingerprint density at radius 2 is 2.15 bits per heavy atom. The Morgan fingerprint density at radius 1 is 1.40 bits per heavy atom. The highest BCUT2D eigenvalue weighted by atomic mass is 79.9. The highest BCUT2D eigenvalue weighted by Gasteiger charge is 2.25. The van der Waals surface area contributed by atoms with Crippen molar-refractivity contribution in [2.75, 3.05) is 6.54 Å². The van der Waals surface area contributed by atoms with Crippen molar-refractivity contribution in [2.24, 2.45) is 0 Å². The van der Waals surface area contributed by atoms with Crippen LogP contribution in [0.4, 0.5) is 8.78 Å². The Bertz CT molecular complexity index is 601. The minimum atomic E-state index is -0.564. The van der Waals surface area contributed by atoms with E-state index in [1.54, 1.807) is 5.51 Å². The highest BCUT2D eigenvalue weighted by Crippen LogP contribution is 2.33. The van der Waals surface area contributed by atoms with Gasteiger partial charge in [0.25, 0.3) is 0 Å². The molecule has 0 saturated carbocycles. The molecule has 1 aromatic carbocycles. The van der Waals surface area contributed by atoms with Gasteiger partial charge in [0, 0.05) is 10.4 Å². The molecule has 6 heteroatoms. The summed E-state index contributed by atoms with van der Waals surface area (Å²) in [6.45, 7) is 4.53. The first-order valence-corrected chi connectivity index (χ1v) is 8.00. The maximum atomic E-state index is 14.3. The van der Waals surface area contributed by atoms with E-state index in [2.05, 4.69) is 26.2 Å². The lowest BCUT2D eigenvalue weighted by atomic mass is 10.0. The molecule has 1 heterocycles. The molecule has 20 heavy (non-hydrogen) atoms. The third-order valence-electron chi connectivity index (χ3n) is 3.01. The van der Waals surface area contributed by atoms with Crippen LogP contribution in [0.5, 0.6) is 0 Å². The number of hydrogen-bond donors (Lipinski definition) is 1. The summed E-state index contributed by atoms with van der Waals surface area (Å²) >= 11 is 4.52. The maximum Gasteiger partial charge on any atom is 0.145 e. The summed E-state index contributed by atoms with van der Waals surface area (Å²) in [5.74, 6) is -1.11. The fourth-order valence-corrected chi connectivity index (χ4v) is 3.24. The van der Waals surface area contributed by atoms with Gasteiger partial charge in [-0.3, -0.25) is 0 Å². The maximum absolute atomic E-state index is 14.3. The summed E-state index contributed by atoms with van der Waals surface area (Å²) in [5, 5.41) is 3.21. The quantitative estimate of drug-likeness (QED) is 0.789. The van der Waals surface area contributed by atoms with Crippen LogP contribution in [0.1, 0.15) is 35.5 Å². The summed E-state index contributed by atoms with van der Waals surface area (Å²) in [7, 11) is 0. The van der Waals surface area contributed by atoms with Crippen LogP contribution in [-0.4, -0.2) is 11.5 Å². The smallest absolute Gasteiger partial charge is 0.145 e. The van der Waals surface area contributed by atoms with Gasteiger partial charge in [0.1, 0.15) is 11.6 Å². The van der Waals surface area contributed by atoms with Crippen LogP contribution in [0.2, 0.25) is 0 Å². The van der Waals surface area contributed by atoms with Gasteiger partial charge in [0.05, 0.1) is 21.7 Å². The first-order chi connectivity index (χ1) is 9.56. The van der Waals surface area contributed by atoms with Crippen LogP contribution in [0.3, 0.4) is 0 Å². The van der Waals surface area contributed by atoms with Gasteiger partial charge in [0.2, 0.25) is 0 Å². The van der Waals surface area contributed by atoms with Crippen LogP contribution in [-0.2, 0) is 0 Å². The molecule has 108 valence electrons. The van der Waals surface area contributed by atoms with Crippen molar-refractivity contribution in [3.63, 3.8) is 0 Å². The lowest BCUT2D eigenvalue weighted by Crippen LogP contribution is -2.25. The molecular formula is C14H15BrF2N2S. The number of halogens is 3. The SMILES string of the molecule is CCCNC(c1scnc1C)c1c(F)ccc(Br)c1F. The average molecular weight is 361 g/mol. The fraction of sp³-hybridized carbons (Fsp3) is 0.357. The summed E-state index contributed by atoms with van der Waals surface area (Å²) in [5.41, 5.74) is 2.53. The molecule has 1 aromatic heterocycles. The normalized spacial score (nSPS) is 12.7. The van der Waals surface area contributed by atoms with Gasteiger partial charge in [0.15, 0.2) is 0 Å². The monoisotopic (exact) mass is 360 g/mol. The number of hydrogen-bond acceptors (Lipinski definition) is 3. The van der Waals surface area contributed by atoms with E-state index in [0.717, 1.165) is 17.0 Å². The third kappa shape index (κ3) is 3.07. The molecular weight excluding hydrogens is 346 g/mol. The number of nitrogens with one attached hydrogen (secondary N) is 1. The molecule has 1 unspecified atom stereocenters. The summed E-state index contributed by atoms with van der Waals surface area (Å²) in [4.78, 5) is 5.02. The third-order valence-corrected chi connectivity index (χ3v) is 4.62. The van der Waals surface area contributed by atoms with Gasteiger partial charge < -0.3 is 5.32 Å². The molecule has 0 aliphatic carbocycles. The number of benzene rings is 1. The average Bonchev–Trinajstić information content (AvgIpc) is 2.84. The summed E-state index contributed by atoms with van der Waals surface area (Å²) in [6.07, 6.45) is 0.881. The minimum absolute atomic E-state index is 0.0418. The Morgan fingerprint density at radius 3 is 2.75 bits per heavy atom. The zero-order valence-electron chi connectivity index (χ0n) is 11.2. The predicted molar refractivity (Wildman–Crippen MR) is 81.0 cm³/mol. The Hall–Kier alpha value is -0.850. The Kier molecular flexibility index (Phi) is 5.23. The number of thiazole rings is 1. The van der Waals surface area contributed by atoms with Gasteiger partial charge >= 0.3 is 0 Å². The van der Waals surface area contributed by atoms with E-state index in [9.17, 15) is 8.78 Å². The van der Waals surface area contributed by atoms with Crippen LogP contribution in [0, 0.1) is 18.6 Å². The molecule has 0 amide bonds. The molecule has 0 spiro atoms. The summed E-state index contributed by atoms with van der Waals surface area (Å²) < 4.78 is 28.7. The first-order valence-electron chi connectivity index (χ1n) is 6.33. The van der Waals surface area contributed by atoms with E-state index in [0.29, 0.717) is 6.54 Å². The number of nitrogens with zero attached hydrogens (tertiary/aromatic N) is 1. The highest BCUT2D eigenvalue weighted by molar-refractivity contribution is 9.10. The molecule has 0 aliphatic heterocycles. The van der Waals surface area contributed by atoms with Gasteiger partial charge in [-0.1, -0.05) is 6.92 Å². The van der Waals surface area contributed by atoms with Crippen LogP contribution in [0.25, 0.3) is 0 Å². The van der Waals surface area contributed by atoms with E-state index in [1.165, 1.54) is 23.5 Å².